The molecule has 3 fully saturated rings. The summed E-state index contributed by atoms with van der Waals surface area (Å²) in [5, 5.41) is 24.6. The first-order valence-corrected chi connectivity index (χ1v) is 13.5. The van der Waals surface area contributed by atoms with Crippen LogP contribution in [-0.4, -0.2) is 94.7 Å². The van der Waals surface area contributed by atoms with Crippen LogP contribution in [0.3, 0.4) is 0 Å². The number of nitrogens with one attached hydrogen (secondary N) is 2. The number of carboxylic acid groups (broad SMARTS) is 1. The quantitative estimate of drug-likeness (QED) is 0.516. The summed E-state index contributed by atoms with van der Waals surface area (Å²) in [5.74, 6) is -0.211. The number of carbonyl (C=O) groups is 3. The van der Waals surface area contributed by atoms with Crippen LogP contribution in [0.15, 0.2) is 36.5 Å². The van der Waals surface area contributed by atoms with Gasteiger partial charge in [0.1, 0.15) is 0 Å². The summed E-state index contributed by atoms with van der Waals surface area (Å²) in [6.07, 6.45) is 2.35. The molecular weight excluding hydrogens is 514 g/mol. The summed E-state index contributed by atoms with van der Waals surface area (Å²) in [7, 11) is 0. The van der Waals surface area contributed by atoms with Gasteiger partial charge in [-0.2, -0.15) is 5.26 Å². The standard InChI is InChI=1S/C28H31N7O5/c1-2-40-23-20(4-3-9-30-23)28(21-12-18(13-29)5-6-22(21)31-24(28)36)32-25(37)35-16-27(17-35)14-34(15-27)19-7-10-33(11-8-19)26(38)39/h3-6,9,12,19H,2,7-8,10-11,14-17H2,1H3,(H,31,36)(H,32,37)(H,38,39). The van der Waals surface area contributed by atoms with Crippen LogP contribution in [-0.2, 0) is 10.3 Å². The molecule has 40 heavy (non-hydrogen) atoms. The Hall–Kier alpha value is -4.37. The first-order valence-electron chi connectivity index (χ1n) is 13.5. The van der Waals surface area contributed by atoms with Gasteiger partial charge in [-0.25, -0.2) is 14.6 Å². The lowest BCUT2D eigenvalue weighted by Crippen LogP contribution is -2.76. The molecule has 0 bridgehead atoms. The van der Waals surface area contributed by atoms with Crippen molar-refractivity contribution in [2.24, 2.45) is 5.41 Å². The van der Waals surface area contributed by atoms with Crippen molar-refractivity contribution in [2.75, 3.05) is 51.2 Å². The molecule has 6 rings (SSSR count). The van der Waals surface area contributed by atoms with E-state index in [1.807, 2.05) is 6.92 Å². The number of hydrogen-bond donors (Lipinski definition) is 3. The number of urea groups is 1. The molecule has 4 amide bonds. The van der Waals surface area contributed by atoms with Gasteiger partial charge >= 0.3 is 12.1 Å². The van der Waals surface area contributed by atoms with Crippen LogP contribution >= 0.6 is 0 Å². The highest BCUT2D eigenvalue weighted by Gasteiger charge is 2.57. The number of hydrogen-bond acceptors (Lipinski definition) is 7. The number of likely N-dealkylation sites (tertiary alicyclic amines) is 3. The molecule has 1 unspecified atom stereocenters. The van der Waals surface area contributed by atoms with Crippen molar-refractivity contribution in [1.82, 2.24) is 25.0 Å². The van der Waals surface area contributed by atoms with Crippen LogP contribution in [0.2, 0.25) is 0 Å². The van der Waals surface area contributed by atoms with E-state index in [0.29, 0.717) is 61.2 Å². The number of anilines is 1. The SMILES string of the molecule is CCOc1ncccc1C1(NC(=O)N2CC3(C2)CN(C2CCN(C(=O)O)CC2)C3)C(=O)Nc2ccc(C#N)cc21. The lowest BCUT2D eigenvalue weighted by molar-refractivity contribution is -0.123. The third kappa shape index (κ3) is 4.08. The number of nitriles is 1. The molecule has 1 spiro atoms. The summed E-state index contributed by atoms with van der Waals surface area (Å²) in [5.41, 5.74) is 0.140. The van der Waals surface area contributed by atoms with E-state index in [9.17, 15) is 24.8 Å². The van der Waals surface area contributed by atoms with Gasteiger partial charge in [0, 0.05) is 68.2 Å². The molecule has 4 aliphatic heterocycles. The number of benzene rings is 1. The molecule has 3 N–H and O–H groups in total. The van der Waals surface area contributed by atoms with Gasteiger partial charge in [0.15, 0.2) is 5.54 Å². The highest BCUT2D eigenvalue weighted by molar-refractivity contribution is 6.10. The van der Waals surface area contributed by atoms with Gasteiger partial charge in [-0.05, 0) is 50.1 Å². The lowest BCUT2D eigenvalue weighted by atomic mass is 9.71. The van der Waals surface area contributed by atoms with Crippen LogP contribution in [0.4, 0.5) is 15.3 Å². The smallest absolute Gasteiger partial charge is 0.407 e. The van der Waals surface area contributed by atoms with E-state index >= 15 is 0 Å². The average Bonchev–Trinajstić information content (AvgIpc) is 3.18. The number of amides is 4. The predicted octanol–water partition coefficient (Wildman–Crippen LogP) is 2.02. The Balaban J connectivity index is 1.20. The van der Waals surface area contributed by atoms with E-state index in [1.54, 1.807) is 41.4 Å². The number of piperidine rings is 1. The Labute approximate surface area is 231 Å². The first-order chi connectivity index (χ1) is 19.3. The molecule has 2 aromatic rings. The largest absolute Gasteiger partial charge is 0.478 e. The molecule has 5 heterocycles. The number of ether oxygens (including phenoxy) is 1. The summed E-state index contributed by atoms with van der Waals surface area (Å²) in [4.78, 5) is 48.5. The maximum atomic E-state index is 13.7. The molecule has 0 saturated carbocycles. The van der Waals surface area contributed by atoms with Crippen LogP contribution < -0.4 is 15.4 Å². The highest BCUT2D eigenvalue weighted by Crippen LogP contribution is 2.46. The van der Waals surface area contributed by atoms with Crippen molar-refractivity contribution in [3.8, 4) is 11.9 Å². The molecular formula is C28H31N7O5. The van der Waals surface area contributed by atoms with Crippen LogP contribution in [0, 0.1) is 16.7 Å². The zero-order valence-corrected chi connectivity index (χ0v) is 22.2. The molecule has 0 aliphatic carbocycles. The monoisotopic (exact) mass is 545 g/mol. The number of nitrogens with zero attached hydrogens (tertiary/aromatic N) is 5. The Kier molecular flexibility index (Phi) is 6.26. The average molecular weight is 546 g/mol. The molecule has 4 aliphatic rings. The predicted molar refractivity (Wildman–Crippen MR) is 143 cm³/mol. The second kappa shape index (κ2) is 9.67. The molecule has 3 saturated heterocycles. The lowest BCUT2D eigenvalue weighted by Gasteiger charge is -2.62. The Morgan fingerprint density at radius 3 is 2.60 bits per heavy atom. The van der Waals surface area contributed by atoms with Crippen LogP contribution in [0.5, 0.6) is 5.88 Å². The minimum atomic E-state index is -1.62. The molecule has 1 aromatic heterocycles. The number of aromatic nitrogens is 1. The summed E-state index contributed by atoms with van der Waals surface area (Å²) in [6.45, 7) is 6.11. The minimum absolute atomic E-state index is 0.0169. The number of fused-ring (bicyclic) bond motifs is 1. The maximum Gasteiger partial charge on any atom is 0.407 e. The minimum Gasteiger partial charge on any atom is -0.478 e. The van der Waals surface area contributed by atoms with Crippen molar-refractivity contribution < 1.29 is 24.2 Å². The van der Waals surface area contributed by atoms with Crippen LogP contribution in [0.1, 0.15) is 36.5 Å². The van der Waals surface area contributed by atoms with E-state index < -0.39 is 17.5 Å². The Morgan fingerprint density at radius 2 is 1.93 bits per heavy atom. The molecule has 0 radical (unpaired) electrons. The number of rotatable bonds is 5. The first kappa shape index (κ1) is 25.9. The van der Waals surface area contributed by atoms with Gasteiger partial charge in [0.05, 0.1) is 23.8 Å². The zero-order chi connectivity index (χ0) is 28.1. The van der Waals surface area contributed by atoms with E-state index in [2.05, 4.69) is 26.6 Å². The number of pyridine rings is 1. The Morgan fingerprint density at radius 1 is 1.18 bits per heavy atom. The second-order valence-corrected chi connectivity index (χ2v) is 11.1. The third-order valence-corrected chi connectivity index (χ3v) is 8.56. The van der Waals surface area contributed by atoms with Gasteiger partial charge in [-0.3, -0.25) is 9.69 Å². The summed E-state index contributed by atoms with van der Waals surface area (Å²) >= 11 is 0. The molecule has 12 nitrogen and oxygen atoms in total. The number of carbonyl (C=O) groups excluding carboxylic acids is 2. The topological polar surface area (TPSA) is 151 Å². The van der Waals surface area contributed by atoms with Gasteiger partial charge in [-0.1, -0.05) is 0 Å². The van der Waals surface area contributed by atoms with Crippen molar-refractivity contribution in [1.29, 1.82) is 5.26 Å². The van der Waals surface area contributed by atoms with Crippen molar-refractivity contribution >= 4 is 23.7 Å². The fraction of sp³-hybridized carbons (Fsp3) is 0.464. The van der Waals surface area contributed by atoms with Gasteiger partial charge in [0.2, 0.25) is 5.88 Å². The highest BCUT2D eigenvalue weighted by atomic mass is 16.5. The fourth-order valence-electron chi connectivity index (χ4n) is 6.60. The Bertz CT molecular complexity index is 1400. The summed E-state index contributed by atoms with van der Waals surface area (Å²) < 4.78 is 5.76. The molecule has 208 valence electrons. The molecule has 1 aromatic carbocycles. The fourth-order valence-corrected chi connectivity index (χ4v) is 6.60. The van der Waals surface area contributed by atoms with E-state index in [-0.39, 0.29) is 17.3 Å². The van der Waals surface area contributed by atoms with E-state index in [4.69, 9.17) is 4.74 Å². The van der Waals surface area contributed by atoms with Crippen molar-refractivity contribution in [2.45, 2.75) is 31.3 Å². The zero-order valence-electron chi connectivity index (χ0n) is 22.2. The van der Waals surface area contributed by atoms with Crippen molar-refractivity contribution in [3.63, 3.8) is 0 Å². The molecule has 1 atom stereocenters. The summed E-state index contributed by atoms with van der Waals surface area (Å²) in [6, 6.07) is 10.4. The maximum absolute atomic E-state index is 13.7. The van der Waals surface area contributed by atoms with Gasteiger partial charge < -0.3 is 30.3 Å². The second-order valence-electron chi connectivity index (χ2n) is 11.1. The van der Waals surface area contributed by atoms with Crippen molar-refractivity contribution in [3.05, 3.63) is 53.2 Å². The van der Waals surface area contributed by atoms with Gasteiger partial charge in [-0.15, -0.1) is 0 Å². The van der Waals surface area contributed by atoms with Crippen LogP contribution in [0.25, 0.3) is 0 Å². The molecule has 12 heteroatoms. The van der Waals surface area contributed by atoms with Gasteiger partial charge in [0.25, 0.3) is 5.91 Å². The van der Waals surface area contributed by atoms with E-state index in [0.717, 1.165) is 25.9 Å². The normalized spacial score (nSPS) is 23.4. The third-order valence-electron chi connectivity index (χ3n) is 8.56. The van der Waals surface area contributed by atoms with E-state index in [1.165, 1.54) is 4.90 Å².